The molecule has 1 aliphatic rings. The van der Waals surface area contributed by atoms with Crippen molar-refractivity contribution < 1.29 is 0 Å². The number of hydrogen-bond acceptors (Lipinski definition) is 6. The lowest BCUT2D eigenvalue weighted by Gasteiger charge is -2.25. The summed E-state index contributed by atoms with van der Waals surface area (Å²) in [7, 11) is 2.06. The Kier molecular flexibility index (Phi) is 4.94. The monoisotopic (exact) mass is 411 g/mol. The molecule has 3 heterocycles. The molecule has 0 aliphatic carbocycles. The van der Waals surface area contributed by atoms with Crippen LogP contribution in [-0.4, -0.2) is 34.0 Å². The summed E-state index contributed by atoms with van der Waals surface area (Å²) in [5.74, 6) is 0. The van der Waals surface area contributed by atoms with Crippen molar-refractivity contribution in [1.82, 2.24) is 13.8 Å². The number of likely N-dealkylation sites (N-methyl/N-ethyl adjacent to an activating group) is 1. The molecule has 0 fully saturated rings. The van der Waals surface area contributed by atoms with Gasteiger partial charge in [0.25, 0.3) is 5.56 Å². The van der Waals surface area contributed by atoms with Crippen LogP contribution in [-0.2, 0) is 0 Å². The van der Waals surface area contributed by atoms with Crippen LogP contribution in [0.2, 0.25) is 5.02 Å². The zero-order valence-electron chi connectivity index (χ0n) is 15.5. The molecule has 4 rings (SSSR count). The second-order valence-electron chi connectivity index (χ2n) is 6.84. The first kappa shape index (κ1) is 18.7. The first-order valence-corrected chi connectivity index (χ1v) is 9.99. The smallest absolute Gasteiger partial charge is 0.285 e. The molecular formula is C20H18ClN5OS. The fourth-order valence-electron chi connectivity index (χ4n) is 3.47. The maximum Gasteiger partial charge on any atom is 0.285 e. The van der Waals surface area contributed by atoms with Gasteiger partial charge >= 0.3 is 0 Å². The van der Waals surface area contributed by atoms with Crippen molar-refractivity contribution >= 4 is 50.4 Å². The molecule has 0 saturated heterocycles. The SMILES string of the molecule is CC1=C(n2sc(Nc3c(Cl)ccc4ncccc34)c(C#N)c2=O)CCN(C)C1. The van der Waals surface area contributed by atoms with Crippen LogP contribution in [0.15, 0.2) is 40.8 Å². The molecule has 28 heavy (non-hydrogen) atoms. The van der Waals surface area contributed by atoms with Crippen LogP contribution >= 0.6 is 23.1 Å². The van der Waals surface area contributed by atoms with Gasteiger partial charge in [-0.1, -0.05) is 11.6 Å². The third-order valence-electron chi connectivity index (χ3n) is 4.87. The highest BCUT2D eigenvalue weighted by Gasteiger charge is 2.22. The molecule has 1 aliphatic heterocycles. The number of pyridine rings is 1. The van der Waals surface area contributed by atoms with Gasteiger partial charge in [-0.2, -0.15) is 5.26 Å². The van der Waals surface area contributed by atoms with Gasteiger partial charge in [-0.25, -0.2) is 3.96 Å². The maximum atomic E-state index is 12.9. The summed E-state index contributed by atoms with van der Waals surface area (Å²) in [5, 5.41) is 14.7. The van der Waals surface area contributed by atoms with E-state index in [0.717, 1.165) is 41.7 Å². The van der Waals surface area contributed by atoms with Crippen LogP contribution in [0.1, 0.15) is 18.9 Å². The molecule has 0 spiro atoms. The van der Waals surface area contributed by atoms with Crippen molar-refractivity contribution in [2.45, 2.75) is 13.3 Å². The Morgan fingerprint density at radius 3 is 2.93 bits per heavy atom. The molecule has 6 nitrogen and oxygen atoms in total. The van der Waals surface area contributed by atoms with Gasteiger partial charge in [0.15, 0.2) is 5.56 Å². The predicted molar refractivity (Wildman–Crippen MR) is 114 cm³/mol. The minimum Gasteiger partial charge on any atom is -0.343 e. The number of nitrogens with one attached hydrogen (secondary N) is 1. The summed E-state index contributed by atoms with van der Waals surface area (Å²) in [5.41, 5.74) is 3.35. The summed E-state index contributed by atoms with van der Waals surface area (Å²) in [6, 6.07) is 9.40. The lowest BCUT2D eigenvalue weighted by atomic mass is 10.1. The topological polar surface area (TPSA) is 74.0 Å². The highest BCUT2D eigenvalue weighted by molar-refractivity contribution is 7.11. The Morgan fingerprint density at radius 1 is 1.36 bits per heavy atom. The Balaban J connectivity index is 1.83. The average molecular weight is 412 g/mol. The van der Waals surface area contributed by atoms with Gasteiger partial charge in [-0.15, -0.1) is 0 Å². The van der Waals surface area contributed by atoms with Crippen LogP contribution in [0.3, 0.4) is 0 Å². The van der Waals surface area contributed by atoms with Gasteiger partial charge in [0.1, 0.15) is 11.1 Å². The molecule has 1 N–H and O–H groups in total. The first-order valence-electron chi connectivity index (χ1n) is 8.84. The molecule has 2 aromatic heterocycles. The minimum atomic E-state index is -0.289. The fourth-order valence-corrected chi connectivity index (χ4v) is 4.76. The standard InChI is InChI=1S/C20H18ClN5OS/c1-12-11-25(2)9-7-17(12)26-20(27)14(10-22)19(28-26)24-18-13-4-3-8-23-16(13)6-5-15(18)21/h3-6,8,24H,7,9,11H2,1-2H3. The van der Waals surface area contributed by atoms with Crippen molar-refractivity contribution in [2.75, 3.05) is 25.5 Å². The van der Waals surface area contributed by atoms with Crippen molar-refractivity contribution in [3.8, 4) is 6.07 Å². The second kappa shape index (κ2) is 7.40. The third-order valence-corrected chi connectivity index (χ3v) is 6.24. The Hall–Kier alpha value is -2.66. The number of hydrogen-bond donors (Lipinski definition) is 1. The van der Waals surface area contributed by atoms with E-state index in [1.165, 1.54) is 11.5 Å². The van der Waals surface area contributed by atoms with E-state index in [-0.39, 0.29) is 11.1 Å². The summed E-state index contributed by atoms with van der Waals surface area (Å²) < 4.78 is 1.64. The molecule has 0 unspecified atom stereocenters. The summed E-state index contributed by atoms with van der Waals surface area (Å²) in [6.07, 6.45) is 2.48. The zero-order chi connectivity index (χ0) is 19.8. The van der Waals surface area contributed by atoms with E-state index in [1.54, 1.807) is 16.2 Å². The average Bonchev–Trinajstić information content (AvgIpc) is 2.99. The second-order valence-corrected chi connectivity index (χ2v) is 8.20. The minimum absolute atomic E-state index is 0.0983. The van der Waals surface area contributed by atoms with Gasteiger partial charge in [0, 0.05) is 36.8 Å². The number of fused-ring (bicyclic) bond motifs is 1. The van der Waals surface area contributed by atoms with Crippen molar-refractivity contribution in [3.05, 3.63) is 57.0 Å². The van der Waals surface area contributed by atoms with Gasteiger partial charge < -0.3 is 10.2 Å². The summed E-state index contributed by atoms with van der Waals surface area (Å²) >= 11 is 7.66. The van der Waals surface area contributed by atoms with E-state index in [9.17, 15) is 10.1 Å². The highest BCUT2D eigenvalue weighted by atomic mass is 35.5. The van der Waals surface area contributed by atoms with E-state index in [1.807, 2.05) is 25.1 Å². The number of anilines is 2. The van der Waals surface area contributed by atoms with Crippen LogP contribution in [0.5, 0.6) is 0 Å². The van der Waals surface area contributed by atoms with Crippen LogP contribution in [0.4, 0.5) is 10.7 Å². The Bertz CT molecular complexity index is 1200. The normalized spacial score (nSPS) is 15.1. The van der Waals surface area contributed by atoms with E-state index in [2.05, 4.69) is 28.3 Å². The number of aromatic nitrogens is 2. The van der Waals surface area contributed by atoms with Crippen LogP contribution in [0.25, 0.3) is 16.6 Å². The Morgan fingerprint density at radius 2 is 2.18 bits per heavy atom. The molecule has 1 aromatic carbocycles. The van der Waals surface area contributed by atoms with Gasteiger partial charge in [-0.05, 0) is 55.3 Å². The van der Waals surface area contributed by atoms with Crippen molar-refractivity contribution in [3.63, 3.8) is 0 Å². The van der Waals surface area contributed by atoms with E-state index in [0.29, 0.717) is 15.7 Å². The van der Waals surface area contributed by atoms with Gasteiger partial charge in [-0.3, -0.25) is 9.78 Å². The summed E-state index contributed by atoms with van der Waals surface area (Å²) in [4.78, 5) is 19.5. The van der Waals surface area contributed by atoms with Crippen molar-refractivity contribution in [2.24, 2.45) is 0 Å². The molecule has 0 amide bonds. The number of rotatable bonds is 3. The van der Waals surface area contributed by atoms with E-state index in [4.69, 9.17) is 11.6 Å². The lowest BCUT2D eigenvalue weighted by molar-refractivity contribution is 0.356. The number of halogens is 1. The summed E-state index contributed by atoms with van der Waals surface area (Å²) in [6.45, 7) is 3.72. The van der Waals surface area contributed by atoms with Crippen LogP contribution < -0.4 is 10.9 Å². The molecule has 3 aromatic rings. The Labute approximate surface area is 171 Å². The molecule has 0 saturated carbocycles. The van der Waals surface area contributed by atoms with Gasteiger partial charge in [0.2, 0.25) is 0 Å². The van der Waals surface area contributed by atoms with Gasteiger partial charge in [0.05, 0.1) is 16.2 Å². The lowest BCUT2D eigenvalue weighted by Crippen LogP contribution is -2.29. The number of benzene rings is 1. The maximum absolute atomic E-state index is 12.9. The predicted octanol–water partition coefficient (Wildman–Crippen LogP) is 4.29. The zero-order valence-corrected chi connectivity index (χ0v) is 17.1. The molecular weight excluding hydrogens is 394 g/mol. The molecule has 0 radical (unpaired) electrons. The first-order chi connectivity index (χ1) is 13.5. The van der Waals surface area contributed by atoms with E-state index < -0.39 is 0 Å². The van der Waals surface area contributed by atoms with E-state index >= 15 is 0 Å². The molecule has 8 heteroatoms. The molecule has 142 valence electrons. The quantitative estimate of drug-likeness (QED) is 0.695. The fraction of sp³-hybridized carbons (Fsp3) is 0.250. The largest absolute Gasteiger partial charge is 0.343 e. The van der Waals surface area contributed by atoms with Crippen LogP contribution in [0, 0.1) is 11.3 Å². The molecule has 0 bridgehead atoms. The highest BCUT2D eigenvalue weighted by Crippen LogP contribution is 2.35. The molecule has 0 atom stereocenters. The number of nitriles is 1. The third kappa shape index (κ3) is 3.20. The van der Waals surface area contributed by atoms with Crippen molar-refractivity contribution in [1.29, 1.82) is 5.26 Å². The number of nitrogens with zero attached hydrogens (tertiary/aromatic N) is 4.